The summed E-state index contributed by atoms with van der Waals surface area (Å²) in [6.45, 7) is 0. The molecule has 3 aromatic rings. The average molecular weight is 247 g/mol. The molecule has 2 aromatic carbocycles. The molecule has 3 rings (SSSR count). The van der Waals surface area contributed by atoms with Gasteiger partial charge in [-0.05, 0) is 18.2 Å². The molecule has 0 amide bonds. The van der Waals surface area contributed by atoms with Crippen molar-refractivity contribution in [3.8, 4) is 5.75 Å². The molecule has 3 nitrogen and oxygen atoms in total. The summed E-state index contributed by atoms with van der Waals surface area (Å²) in [6.07, 6.45) is 0. The fourth-order valence-electron chi connectivity index (χ4n) is 1.91. The zero-order valence-corrected chi connectivity index (χ0v) is 9.36. The van der Waals surface area contributed by atoms with Crippen molar-refractivity contribution < 1.29 is 9.52 Å². The molecule has 1 aromatic heterocycles. The first kappa shape index (κ1) is 10.2. The van der Waals surface area contributed by atoms with E-state index in [1.807, 2.05) is 12.1 Å². The largest absolute Gasteiger partial charge is 0.503 e. The smallest absolute Gasteiger partial charge is 0.344 e. The summed E-state index contributed by atoms with van der Waals surface area (Å²) in [7, 11) is 0. The van der Waals surface area contributed by atoms with Crippen molar-refractivity contribution in [3.05, 3.63) is 51.8 Å². The minimum Gasteiger partial charge on any atom is -0.503 e. The molecule has 1 heterocycles. The lowest BCUT2D eigenvalue weighted by Gasteiger charge is -2.04. The van der Waals surface area contributed by atoms with Gasteiger partial charge in [0.2, 0.25) is 0 Å². The molecule has 0 saturated heterocycles. The Kier molecular flexibility index (Phi) is 2.09. The number of aromatic hydroxyl groups is 1. The average Bonchev–Trinajstić information content (AvgIpc) is 2.35. The highest BCUT2D eigenvalue weighted by Gasteiger charge is 2.12. The summed E-state index contributed by atoms with van der Waals surface area (Å²) in [4.78, 5) is 11.7. The minimum atomic E-state index is -0.481. The van der Waals surface area contributed by atoms with Crippen LogP contribution in [0, 0.1) is 0 Å². The van der Waals surface area contributed by atoms with E-state index in [1.54, 1.807) is 24.3 Å². The van der Waals surface area contributed by atoms with E-state index in [-0.39, 0.29) is 16.4 Å². The summed E-state index contributed by atoms with van der Waals surface area (Å²) >= 11 is 5.78. The number of benzene rings is 2. The monoisotopic (exact) mass is 246 g/mol. The number of hydrogen-bond acceptors (Lipinski definition) is 3. The molecular weight excluding hydrogens is 240 g/mol. The molecule has 1 N–H and O–H groups in total. The molecule has 0 aliphatic heterocycles. The summed E-state index contributed by atoms with van der Waals surface area (Å²) < 4.78 is 5.10. The topological polar surface area (TPSA) is 50.4 Å². The highest BCUT2D eigenvalue weighted by atomic mass is 35.5. The second-order valence-corrected chi connectivity index (χ2v) is 4.11. The Morgan fingerprint density at radius 1 is 1.00 bits per heavy atom. The van der Waals surface area contributed by atoms with Crippen LogP contribution in [0.4, 0.5) is 0 Å². The molecule has 0 unspecified atom stereocenters. The highest BCUT2D eigenvalue weighted by Crippen LogP contribution is 2.34. The van der Waals surface area contributed by atoms with Crippen LogP contribution in [-0.4, -0.2) is 5.11 Å². The van der Waals surface area contributed by atoms with Gasteiger partial charge in [-0.25, -0.2) is 4.79 Å². The van der Waals surface area contributed by atoms with Gasteiger partial charge in [-0.3, -0.25) is 0 Å². The van der Waals surface area contributed by atoms with E-state index in [0.717, 1.165) is 5.39 Å². The number of rotatable bonds is 0. The first-order valence-corrected chi connectivity index (χ1v) is 5.39. The van der Waals surface area contributed by atoms with Crippen molar-refractivity contribution in [2.45, 2.75) is 0 Å². The normalized spacial score (nSPS) is 11.1. The van der Waals surface area contributed by atoms with Gasteiger partial charge in [-0.15, -0.1) is 0 Å². The maximum Gasteiger partial charge on any atom is 0.344 e. The molecule has 0 bridgehead atoms. The van der Waals surface area contributed by atoms with Crippen LogP contribution in [-0.2, 0) is 0 Å². The number of phenolic OH excluding ortho intramolecular Hbond substituents is 1. The quantitative estimate of drug-likeness (QED) is 0.489. The van der Waals surface area contributed by atoms with Crippen molar-refractivity contribution in [2.75, 3.05) is 0 Å². The van der Waals surface area contributed by atoms with E-state index in [1.165, 1.54) is 0 Å². The van der Waals surface area contributed by atoms with E-state index >= 15 is 0 Å². The summed E-state index contributed by atoms with van der Waals surface area (Å²) in [5.74, 6) is -0.202. The van der Waals surface area contributed by atoms with Gasteiger partial charge in [0.25, 0.3) is 0 Å². The van der Waals surface area contributed by atoms with Crippen LogP contribution in [0.5, 0.6) is 5.75 Å². The second kappa shape index (κ2) is 3.50. The Labute approximate surface area is 101 Å². The number of fused-ring (bicyclic) bond motifs is 3. The maximum absolute atomic E-state index is 11.7. The molecule has 84 valence electrons. The van der Waals surface area contributed by atoms with Crippen LogP contribution >= 0.6 is 11.6 Å². The van der Waals surface area contributed by atoms with Crippen LogP contribution in [0.25, 0.3) is 21.7 Å². The van der Waals surface area contributed by atoms with E-state index in [0.29, 0.717) is 10.8 Å². The van der Waals surface area contributed by atoms with Crippen LogP contribution in [0.3, 0.4) is 0 Å². The van der Waals surface area contributed by atoms with Gasteiger partial charge in [0.1, 0.15) is 0 Å². The first-order chi connectivity index (χ1) is 8.18. The molecule has 0 spiro atoms. The molecule has 0 aliphatic rings. The maximum atomic E-state index is 11.7. The first-order valence-electron chi connectivity index (χ1n) is 5.01. The lowest BCUT2D eigenvalue weighted by Crippen LogP contribution is -1.99. The molecule has 0 fully saturated rings. The fourth-order valence-corrected chi connectivity index (χ4v) is 2.06. The van der Waals surface area contributed by atoms with Gasteiger partial charge < -0.3 is 9.52 Å². The number of halogens is 1. The zero-order chi connectivity index (χ0) is 12.0. The minimum absolute atomic E-state index is 0.126. The Bertz CT molecular complexity index is 790. The third-order valence-corrected chi connectivity index (χ3v) is 3.02. The summed E-state index contributed by atoms with van der Waals surface area (Å²) in [5, 5.41) is 11.8. The predicted octanol–water partition coefficient (Wildman–Crippen LogP) is 3.31. The van der Waals surface area contributed by atoms with Crippen molar-refractivity contribution in [3.63, 3.8) is 0 Å². The highest BCUT2D eigenvalue weighted by molar-refractivity contribution is 6.33. The third kappa shape index (κ3) is 1.40. The predicted molar refractivity (Wildman–Crippen MR) is 66.7 cm³/mol. The lowest BCUT2D eigenvalue weighted by molar-refractivity contribution is 0.459. The number of phenols is 1. The fraction of sp³-hybridized carbons (Fsp3) is 0. The zero-order valence-electron chi connectivity index (χ0n) is 8.61. The Morgan fingerprint density at radius 2 is 1.71 bits per heavy atom. The van der Waals surface area contributed by atoms with Gasteiger partial charge in [-0.2, -0.15) is 0 Å². The van der Waals surface area contributed by atoms with Gasteiger partial charge in [0, 0.05) is 10.8 Å². The van der Waals surface area contributed by atoms with Crippen LogP contribution in [0.15, 0.2) is 45.6 Å². The Morgan fingerprint density at radius 3 is 2.47 bits per heavy atom. The second-order valence-electron chi connectivity index (χ2n) is 3.71. The Balaban J connectivity index is 2.67. The van der Waals surface area contributed by atoms with E-state index < -0.39 is 5.63 Å². The van der Waals surface area contributed by atoms with Crippen molar-refractivity contribution in [1.29, 1.82) is 0 Å². The molecule has 17 heavy (non-hydrogen) atoms. The third-order valence-electron chi connectivity index (χ3n) is 2.71. The van der Waals surface area contributed by atoms with Crippen molar-refractivity contribution in [1.82, 2.24) is 0 Å². The Hall–Kier alpha value is -2.00. The molecule has 0 saturated carbocycles. The van der Waals surface area contributed by atoms with Crippen molar-refractivity contribution in [2.24, 2.45) is 0 Å². The summed E-state index contributed by atoms with van der Waals surface area (Å²) in [6, 6.07) is 10.4. The lowest BCUT2D eigenvalue weighted by atomic mass is 10.1. The molecule has 0 radical (unpaired) electrons. The van der Waals surface area contributed by atoms with Crippen molar-refractivity contribution >= 4 is 33.3 Å². The van der Waals surface area contributed by atoms with Gasteiger partial charge in [-0.1, -0.05) is 29.8 Å². The van der Waals surface area contributed by atoms with Crippen LogP contribution in [0.2, 0.25) is 5.02 Å². The standard InChI is InChI=1S/C13H7ClO3/c14-10-6-5-8-7-3-1-2-4-9(7)13(16)17-12(8)11(10)15/h1-6,15H. The number of hydrogen-bond donors (Lipinski definition) is 1. The SMILES string of the molecule is O=c1oc2c(O)c(Cl)ccc2c2ccccc12. The van der Waals surface area contributed by atoms with E-state index in [2.05, 4.69) is 0 Å². The summed E-state index contributed by atoms with van der Waals surface area (Å²) in [5.41, 5.74) is -0.355. The van der Waals surface area contributed by atoms with E-state index in [9.17, 15) is 9.90 Å². The molecular formula is C13H7ClO3. The molecule has 4 heteroatoms. The van der Waals surface area contributed by atoms with Crippen LogP contribution < -0.4 is 5.63 Å². The van der Waals surface area contributed by atoms with Crippen LogP contribution in [0.1, 0.15) is 0 Å². The molecule has 0 atom stereocenters. The molecule has 0 aliphatic carbocycles. The van der Waals surface area contributed by atoms with E-state index in [4.69, 9.17) is 16.0 Å². The van der Waals surface area contributed by atoms with Gasteiger partial charge in [0.15, 0.2) is 11.3 Å². The van der Waals surface area contributed by atoms with Gasteiger partial charge in [0.05, 0.1) is 10.4 Å². The van der Waals surface area contributed by atoms with Gasteiger partial charge >= 0.3 is 5.63 Å².